The zero-order valence-electron chi connectivity index (χ0n) is 18.3. The van der Waals surface area contributed by atoms with Crippen LogP contribution < -0.4 is 10.6 Å². The van der Waals surface area contributed by atoms with E-state index in [4.69, 9.17) is 5.73 Å². The highest BCUT2D eigenvalue weighted by Crippen LogP contribution is 2.38. The van der Waals surface area contributed by atoms with Crippen LogP contribution in [0, 0.1) is 18.8 Å². The Bertz CT molecular complexity index is 1190. The van der Waals surface area contributed by atoms with Gasteiger partial charge in [-0.2, -0.15) is 17.5 Å². The molecule has 0 amide bonds. The minimum Gasteiger partial charge on any atom is -0.399 e. The number of hydrogen-bond acceptors (Lipinski definition) is 7. The number of benzene rings is 1. The van der Waals surface area contributed by atoms with Gasteiger partial charge in [0.2, 0.25) is 16.0 Å². The van der Waals surface area contributed by atoms with Crippen molar-refractivity contribution in [3.8, 4) is 11.8 Å². The quantitative estimate of drug-likeness (QED) is 0.506. The van der Waals surface area contributed by atoms with E-state index in [-0.39, 0.29) is 30.5 Å². The van der Waals surface area contributed by atoms with Gasteiger partial charge in [0.05, 0.1) is 4.90 Å². The monoisotopic (exact) mass is 483 g/mol. The molecule has 2 unspecified atom stereocenters. The molecule has 0 saturated carbocycles. The van der Waals surface area contributed by atoms with Gasteiger partial charge in [-0.3, -0.25) is 0 Å². The van der Waals surface area contributed by atoms with E-state index < -0.39 is 33.4 Å². The maximum Gasteiger partial charge on any atom is 0.421 e. The molecule has 1 aromatic carbocycles. The number of nitrogens with zero attached hydrogens (tertiary/aromatic N) is 4. The molecular formula is C21H24F3N5O3S. The number of nitrogens with two attached hydrogens (primary N) is 1. The number of nitrogen functional groups attached to an aromatic ring is 1. The molecule has 12 heteroatoms. The van der Waals surface area contributed by atoms with Crippen LogP contribution in [0.2, 0.25) is 0 Å². The predicted molar refractivity (Wildman–Crippen MR) is 117 cm³/mol. The summed E-state index contributed by atoms with van der Waals surface area (Å²) in [6.07, 6.45) is -3.08. The van der Waals surface area contributed by atoms with Crippen molar-refractivity contribution in [2.45, 2.75) is 43.5 Å². The first-order valence-electron chi connectivity index (χ1n) is 9.96. The first kappa shape index (κ1) is 24.8. The van der Waals surface area contributed by atoms with Gasteiger partial charge in [0.1, 0.15) is 6.04 Å². The third-order valence-corrected chi connectivity index (χ3v) is 7.40. The summed E-state index contributed by atoms with van der Waals surface area (Å²) in [5.74, 6) is 5.75. The lowest BCUT2D eigenvalue weighted by molar-refractivity contribution is -0.259. The first-order valence-corrected chi connectivity index (χ1v) is 11.4. The van der Waals surface area contributed by atoms with Crippen molar-refractivity contribution in [3.05, 3.63) is 41.7 Å². The summed E-state index contributed by atoms with van der Waals surface area (Å²) in [4.78, 5) is 9.71. The highest BCUT2D eigenvalue weighted by molar-refractivity contribution is 7.89. The molecule has 8 nitrogen and oxygen atoms in total. The van der Waals surface area contributed by atoms with Crippen LogP contribution in [0.4, 0.5) is 24.8 Å². The maximum absolute atomic E-state index is 13.1. The highest BCUT2D eigenvalue weighted by Gasteiger charge is 2.51. The van der Waals surface area contributed by atoms with Crippen LogP contribution in [0.15, 0.2) is 35.5 Å². The second-order valence-corrected chi connectivity index (χ2v) is 9.76. The van der Waals surface area contributed by atoms with Gasteiger partial charge in [0, 0.05) is 43.3 Å². The van der Waals surface area contributed by atoms with Gasteiger partial charge in [-0.25, -0.2) is 18.4 Å². The summed E-state index contributed by atoms with van der Waals surface area (Å²) in [5, 5.41) is 9.81. The van der Waals surface area contributed by atoms with Crippen LogP contribution in [0.5, 0.6) is 0 Å². The van der Waals surface area contributed by atoms with Gasteiger partial charge in [-0.15, -0.1) is 5.92 Å². The molecule has 1 aromatic heterocycles. The Morgan fingerprint density at radius 2 is 1.85 bits per heavy atom. The summed E-state index contributed by atoms with van der Waals surface area (Å²) >= 11 is 0. The van der Waals surface area contributed by atoms with Gasteiger partial charge in [-0.1, -0.05) is 5.92 Å². The lowest BCUT2D eigenvalue weighted by atomic mass is 9.99. The first-order chi connectivity index (χ1) is 15.3. The molecule has 33 heavy (non-hydrogen) atoms. The van der Waals surface area contributed by atoms with E-state index in [0.29, 0.717) is 18.2 Å². The molecule has 2 aromatic rings. The molecule has 0 radical (unpaired) electrons. The molecule has 0 aliphatic carbocycles. The number of rotatable bonds is 4. The molecule has 2 atom stereocenters. The Balaban J connectivity index is 1.86. The number of alkyl halides is 3. The van der Waals surface area contributed by atoms with Crippen LogP contribution in [0.3, 0.4) is 0 Å². The fourth-order valence-corrected chi connectivity index (χ4v) is 4.87. The minimum atomic E-state index is -4.89. The van der Waals surface area contributed by atoms with Crippen molar-refractivity contribution >= 4 is 21.7 Å². The van der Waals surface area contributed by atoms with E-state index in [2.05, 4.69) is 21.8 Å². The smallest absolute Gasteiger partial charge is 0.399 e. The van der Waals surface area contributed by atoms with Crippen molar-refractivity contribution in [1.82, 2.24) is 14.3 Å². The van der Waals surface area contributed by atoms with E-state index in [1.54, 1.807) is 18.7 Å². The van der Waals surface area contributed by atoms with Crippen LogP contribution in [0.25, 0.3) is 0 Å². The third kappa shape index (κ3) is 4.75. The summed E-state index contributed by atoms with van der Waals surface area (Å²) in [6.45, 7) is 4.21. The molecular weight excluding hydrogens is 459 g/mol. The number of sulfonamides is 1. The zero-order chi connectivity index (χ0) is 24.6. The topological polar surface area (TPSA) is 113 Å². The SMILES string of the molecule is CC#CC1CN(S(=O)(=O)c2ccc(N)c(C)c2)CCN1c1ncc(C(C)(O)C(F)(F)F)cn1. The number of aromatic nitrogens is 2. The van der Waals surface area contributed by atoms with Gasteiger partial charge < -0.3 is 15.7 Å². The predicted octanol–water partition coefficient (Wildman–Crippen LogP) is 2.04. The van der Waals surface area contributed by atoms with E-state index >= 15 is 0 Å². The van der Waals surface area contributed by atoms with Crippen LogP contribution in [0.1, 0.15) is 25.0 Å². The van der Waals surface area contributed by atoms with Crippen LogP contribution in [-0.4, -0.2) is 59.6 Å². The van der Waals surface area contributed by atoms with Crippen molar-refractivity contribution in [2.24, 2.45) is 0 Å². The fourth-order valence-electron chi connectivity index (χ4n) is 3.35. The summed E-state index contributed by atoms with van der Waals surface area (Å²) in [7, 11) is -3.82. The number of piperazine rings is 1. The summed E-state index contributed by atoms with van der Waals surface area (Å²) in [5.41, 5.74) is 3.31. The van der Waals surface area contributed by atoms with Crippen molar-refractivity contribution in [2.75, 3.05) is 30.3 Å². The van der Waals surface area contributed by atoms with Crippen LogP contribution >= 0.6 is 0 Å². The molecule has 3 rings (SSSR count). The average molecular weight is 484 g/mol. The number of anilines is 2. The number of halogens is 3. The standard InChI is InChI=1S/C21H24F3N5O3S/c1-4-5-16-13-28(33(31,32)17-6-7-18(25)14(2)10-17)8-9-29(16)19-26-11-15(12-27-19)20(3,30)21(22,23)24/h6-7,10-12,16,30H,8-9,13,25H2,1-3H3. The van der Waals surface area contributed by atoms with E-state index in [0.717, 1.165) is 12.4 Å². The average Bonchev–Trinajstić information content (AvgIpc) is 2.75. The van der Waals surface area contributed by atoms with Gasteiger partial charge in [0.25, 0.3) is 0 Å². The normalized spacial score (nSPS) is 19.5. The van der Waals surface area contributed by atoms with Crippen molar-refractivity contribution < 1.29 is 26.7 Å². The summed E-state index contributed by atoms with van der Waals surface area (Å²) in [6, 6.07) is 3.86. The second-order valence-electron chi connectivity index (χ2n) is 7.83. The Kier molecular flexibility index (Phi) is 6.61. The molecule has 0 bridgehead atoms. The highest BCUT2D eigenvalue weighted by atomic mass is 32.2. The Morgan fingerprint density at radius 1 is 1.21 bits per heavy atom. The van der Waals surface area contributed by atoms with Gasteiger partial charge in [-0.05, 0) is 44.5 Å². The third-order valence-electron chi connectivity index (χ3n) is 5.54. The zero-order valence-corrected chi connectivity index (χ0v) is 19.1. The molecule has 0 spiro atoms. The van der Waals surface area contributed by atoms with Crippen LogP contribution in [-0.2, 0) is 15.6 Å². The fraction of sp³-hybridized carbons (Fsp3) is 0.429. The second kappa shape index (κ2) is 8.81. The Labute approximate surface area is 190 Å². The molecule has 1 aliphatic heterocycles. The Hall–Kier alpha value is -2.88. The van der Waals surface area contributed by atoms with Gasteiger partial charge in [0.15, 0.2) is 5.60 Å². The van der Waals surface area contributed by atoms with Crippen molar-refractivity contribution in [1.29, 1.82) is 0 Å². The molecule has 178 valence electrons. The lowest BCUT2D eigenvalue weighted by Crippen LogP contribution is -2.54. The summed E-state index contributed by atoms with van der Waals surface area (Å²) < 4.78 is 66.8. The van der Waals surface area contributed by atoms with E-state index in [9.17, 15) is 26.7 Å². The number of aliphatic hydroxyl groups is 1. The minimum absolute atomic E-state index is 0.0119. The van der Waals surface area contributed by atoms with E-state index in [1.807, 2.05) is 0 Å². The van der Waals surface area contributed by atoms with E-state index in [1.165, 1.54) is 22.5 Å². The molecule has 1 aliphatic rings. The molecule has 2 heterocycles. The molecule has 1 fully saturated rings. The number of hydrogen-bond donors (Lipinski definition) is 2. The lowest BCUT2D eigenvalue weighted by Gasteiger charge is -2.38. The Morgan fingerprint density at radius 3 is 2.39 bits per heavy atom. The molecule has 3 N–H and O–H groups in total. The molecule has 1 saturated heterocycles. The largest absolute Gasteiger partial charge is 0.421 e. The van der Waals surface area contributed by atoms with Gasteiger partial charge >= 0.3 is 6.18 Å². The number of aryl methyl sites for hydroxylation is 1. The van der Waals surface area contributed by atoms with Crippen molar-refractivity contribution in [3.63, 3.8) is 0 Å². The maximum atomic E-state index is 13.1.